The van der Waals surface area contributed by atoms with Gasteiger partial charge in [-0.1, -0.05) is 44.0 Å². The second kappa shape index (κ2) is 9.25. The molecule has 0 spiro atoms. The fourth-order valence-electron chi connectivity index (χ4n) is 4.53. The van der Waals surface area contributed by atoms with E-state index in [2.05, 4.69) is 31.2 Å². The molecule has 4 heteroatoms. The van der Waals surface area contributed by atoms with E-state index in [-0.39, 0.29) is 11.1 Å². The van der Waals surface area contributed by atoms with Crippen molar-refractivity contribution in [2.75, 3.05) is 0 Å². The van der Waals surface area contributed by atoms with Crippen LogP contribution in [0, 0.1) is 23.3 Å². The molecular weight excluding hydrogens is 400 g/mol. The Kier molecular flexibility index (Phi) is 6.45. The summed E-state index contributed by atoms with van der Waals surface area (Å²) in [5.41, 5.74) is 4.63. The van der Waals surface area contributed by atoms with E-state index in [4.69, 9.17) is 0 Å². The fourth-order valence-corrected chi connectivity index (χ4v) is 4.53. The first-order valence-electron chi connectivity index (χ1n) is 11.0. The molecule has 0 heterocycles. The van der Waals surface area contributed by atoms with Crippen LogP contribution in [0.15, 0.2) is 48.5 Å². The van der Waals surface area contributed by atoms with Crippen LogP contribution in [-0.4, -0.2) is 0 Å². The summed E-state index contributed by atoms with van der Waals surface area (Å²) in [6.45, 7) is 2.20. The Bertz CT molecular complexity index is 1050. The van der Waals surface area contributed by atoms with Gasteiger partial charge < -0.3 is 0 Å². The highest BCUT2D eigenvalue weighted by molar-refractivity contribution is 5.66. The minimum atomic E-state index is -1.54. The lowest BCUT2D eigenvalue weighted by Crippen LogP contribution is -2.13. The van der Waals surface area contributed by atoms with Crippen molar-refractivity contribution in [3.8, 4) is 11.1 Å². The summed E-state index contributed by atoms with van der Waals surface area (Å²) < 4.78 is 55.3. The van der Waals surface area contributed by atoms with Crippen LogP contribution in [0.25, 0.3) is 11.1 Å². The first kappa shape index (κ1) is 21.6. The Morgan fingerprint density at radius 2 is 1.52 bits per heavy atom. The first-order valence-corrected chi connectivity index (χ1v) is 11.0. The summed E-state index contributed by atoms with van der Waals surface area (Å²) in [7, 11) is 0. The summed E-state index contributed by atoms with van der Waals surface area (Å²) in [5.74, 6) is -4.39. The van der Waals surface area contributed by atoms with Gasteiger partial charge in [-0.25, -0.2) is 17.6 Å². The third-order valence-electron chi connectivity index (χ3n) is 6.33. The molecule has 0 radical (unpaired) electrons. The van der Waals surface area contributed by atoms with Crippen molar-refractivity contribution < 1.29 is 17.6 Å². The van der Waals surface area contributed by atoms with Crippen molar-refractivity contribution in [2.24, 2.45) is 0 Å². The van der Waals surface area contributed by atoms with Crippen molar-refractivity contribution in [3.05, 3.63) is 94.1 Å². The highest BCUT2D eigenvalue weighted by Crippen LogP contribution is 2.36. The lowest BCUT2D eigenvalue weighted by molar-refractivity contribution is 0.447. The number of halogens is 4. The Morgan fingerprint density at radius 1 is 0.806 bits per heavy atom. The topological polar surface area (TPSA) is 0 Å². The number of hydrogen-bond donors (Lipinski definition) is 0. The van der Waals surface area contributed by atoms with E-state index in [0.717, 1.165) is 48.9 Å². The smallest absolute Gasteiger partial charge is 0.194 e. The normalized spacial score (nSPS) is 15.7. The largest absolute Gasteiger partial charge is 0.206 e. The average molecular weight is 426 g/mol. The van der Waals surface area contributed by atoms with Crippen molar-refractivity contribution in [1.29, 1.82) is 0 Å². The van der Waals surface area contributed by atoms with Crippen molar-refractivity contribution in [2.45, 2.75) is 57.8 Å². The summed E-state index contributed by atoms with van der Waals surface area (Å²) in [6.07, 6.45) is 7.18. The molecule has 1 aliphatic carbocycles. The maximum atomic E-state index is 14.8. The monoisotopic (exact) mass is 426 g/mol. The molecular formula is C27H26F4. The van der Waals surface area contributed by atoms with Gasteiger partial charge in [0.15, 0.2) is 17.5 Å². The molecule has 0 amide bonds. The second-order valence-electron chi connectivity index (χ2n) is 8.49. The molecule has 0 nitrogen and oxygen atoms in total. The Labute approximate surface area is 180 Å². The summed E-state index contributed by atoms with van der Waals surface area (Å²) in [5, 5.41) is 0. The van der Waals surface area contributed by atoms with Gasteiger partial charge in [0.2, 0.25) is 0 Å². The predicted octanol–water partition coefficient (Wildman–Crippen LogP) is 7.92. The van der Waals surface area contributed by atoms with Crippen molar-refractivity contribution in [3.63, 3.8) is 0 Å². The molecule has 3 aromatic carbocycles. The van der Waals surface area contributed by atoms with E-state index in [0.29, 0.717) is 5.92 Å². The van der Waals surface area contributed by atoms with Crippen LogP contribution >= 0.6 is 0 Å². The summed E-state index contributed by atoms with van der Waals surface area (Å²) in [4.78, 5) is 0. The van der Waals surface area contributed by atoms with Crippen LogP contribution < -0.4 is 0 Å². The first-order chi connectivity index (χ1) is 15.0. The molecule has 0 N–H and O–H groups in total. The van der Waals surface area contributed by atoms with E-state index in [1.807, 2.05) is 0 Å². The third-order valence-corrected chi connectivity index (χ3v) is 6.33. The molecule has 162 valence electrons. The highest BCUT2D eigenvalue weighted by Gasteiger charge is 2.23. The zero-order chi connectivity index (χ0) is 22.0. The predicted molar refractivity (Wildman–Crippen MR) is 116 cm³/mol. The van der Waals surface area contributed by atoms with E-state index in [1.165, 1.54) is 36.5 Å². The molecule has 3 aromatic rings. The van der Waals surface area contributed by atoms with Gasteiger partial charge in [0.1, 0.15) is 5.82 Å². The van der Waals surface area contributed by atoms with Gasteiger partial charge >= 0.3 is 0 Å². The lowest BCUT2D eigenvalue weighted by Gasteiger charge is -2.26. The van der Waals surface area contributed by atoms with Gasteiger partial charge in [-0.15, -0.1) is 0 Å². The zero-order valence-corrected chi connectivity index (χ0v) is 17.7. The molecule has 4 rings (SSSR count). The fraction of sp³-hybridized carbons (Fsp3) is 0.333. The van der Waals surface area contributed by atoms with Crippen LogP contribution in [0.3, 0.4) is 0 Å². The van der Waals surface area contributed by atoms with Crippen LogP contribution in [-0.2, 0) is 19.3 Å². The quantitative estimate of drug-likeness (QED) is 0.213. The summed E-state index contributed by atoms with van der Waals surface area (Å²) in [6, 6.07) is 13.6. The molecule has 31 heavy (non-hydrogen) atoms. The number of rotatable bonds is 6. The number of hydrogen-bond acceptors (Lipinski definition) is 0. The zero-order valence-electron chi connectivity index (χ0n) is 17.7. The molecule has 1 aliphatic rings. The molecule has 1 unspecified atom stereocenters. The van der Waals surface area contributed by atoms with Gasteiger partial charge in [-0.3, -0.25) is 0 Å². The van der Waals surface area contributed by atoms with Gasteiger partial charge in [-0.05, 0) is 90.1 Å². The SMILES string of the molecule is CCCCCc1ccc(C2CCc3cc(-c4cc(F)c(F)c(F)c4)c(F)cc3C2)cc1. The van der Waals surface area contributed by atoms with Gasteiger partial charge in [0.05, 0.1) is 0 Å². The minimum absolute atomic E-state index is 0.0116. The van der Waals surface area contributed by atoms with Crippen LogP contribution in [0.2, 0.25) is 0 Å². The van der Waals surface area contributed by atoms with Crippen molar-refractivity contribution in [1.82, 2.24) is 0 Å². The van der Waals surface area contributed by atoms with Gasteiger partial charge in [0.25, 0.3) is 0 Å². The molecule has 0 saturated heterocycles. The van der Waals surface area contributed by atoms with E-state index in [9.17, 15) is 17.6 Å². The van der Waals surface area contributed by atoms with Crippen molar-refractivity contribution >= 4 is 0 Å². The van der Waals surface area contributed by atoms with E-state index < -0.39 is 23.3 Å². The van der Waals surface area contributed by atoms with E-state index >= 15 is 0 Å². The number of benzene rings is 3. The molecule has 1 atom stereocenters. The Balaban J connectivity index is 1.53. The number of aryl methyl sites for hydroxylation is 2. The molecule has 0 bridgehead atoms. The molecule has 0 aromatic heterocycles. The van der Waals surface area contributed by atoms with Crippen LogP contribution in [0.1, 0.15) is 60.8 Å². The molecule has 0 fully saturated rings. The summed E-state index contributed by atoms with van der Waals surface area (Å²) >= 11 is 0. The highest BCUT2D eigenvalue weighted by atomic mass is 19.2. The maximum absolute atomic E-state index is 14.8. The number of unbranched alkanes of at least 4 members (excludes halogenated alkanes) is 2. The Hall–Kier alpha value is -2.62. The average Bonchev–Trinajstić information content (AvgIpc) is 2.77. The molecule has 0 aliphatic heterocycles. The number of fused-ring (bicyclic) bond motifs is 1. The van der Waals surface area contributed by atoms with Gasteiger partial charge in [-0.2, -0.15) is 0 Å². The standard InChI is InChI=1S/C27H26F4/c1-2-3-4-5-17-6-8-18(9-7-17)19-10-11-20-13-23(24(28)14-21(20)12-19)22-15-25(29)27(31)26(30)16-22/h6-9,13-16,19H,2-5,10-12H2,1H3. The van der Waals surface area contributed by atoms with E-state index in [1.54, 1.807) is 6.07 Å². The van der Waals surface area contributed by atoms with Crippen LogP contribution in [0.4, 0.5) is 17.6 Å². The molecule has 0 saturated carbocycles. The third kappa shape index (κ3) is 4.68. The lowest BCUT2D eigenvalue weighted by atomic mass is 9.79. The minimum Gasteiger partial charge on any atom is -0.206 e. The van der Waals surface area contributed by atoms with Crippen LogP contribution in [0.5, 0.6) is 0 Å². The van der Waals surface area contributed by atoms with Gasteiger partial charge in [0, 0.05) is 5.56 Å². The Morgan fingerprint density at radius 3 is 2.19 bits per heavy atom. The second-order valence-corrected chi connectivity index (χ2v) is 8.49. The maximum Gasteiger partial charge on any atom is 0.194 e.